The van der Waals surface area contributed by atoms with Crippen molar-refractivity contribution in [3.05, 3.63) is 29.3 Å². The van der Waals surface area contributed by atoms with Crippen molar-refractivity contribution in [2.75, 3.05) is 0 Å². The van der Waals surface area contributed by atoms with Crippen LogP contribution in [0.2, 0.25) is 0 Å². The summed E-state index contributed by atoms with van der Waals surface area (Å²) in [4.78, 5) is 0.787. The second-order valence-corrected chi connectivity index (χ2v) is 6.77. The summed E-state index contributed by atoms with van der Waals surface area (Å²) in [7, 11) is 0. The maximum atomic E-state index is 10.7. The van der Waals surface area contributed by atoms with Crippen molar-refractivity contribution >= 4 is 11.8 Å². The van der Waals surface area contributed by atoms with Crippen LogP contribution < -0.4 is 0 Å². The van der Waals surface area contributed by atoms with Gasteiger partial charge in [-0.1, -0.05) is 36.4 Å². The lowest BCUT2D eigenvalue weighted by molar-refractivity contribution is 0.0593. The van der Waals surface area contributed by atoms with Gasteiger partial charge in [-0.15, -0.1) is 0 Å². The van der Waals surface area contributed by atoms with E-state index in [1.807, 2.05) is 0 Å². The van der Waals surface area contributed by atoms with E-state index in [2.05, 4.69) is 32.0 Å². The number of thioether (sulfide) groups is 1. The van der Waals surface area contributed by atoms with Gasteiger partial charge in [0.25, 0.3) is 0 Å². The van der Waals surface area contributed by atoms with Gasteiger partial charge in [0, 0.05) is 10.8 Å². The molecule has 1 nitrogen and oxygen atoms in total. The molecule has 0 saturated heterocycles. The Morgan fingerprint density at radius 2 is 2.25 bits per heavy atom. The van der Waals surface area contributed by atoms with Crippen LogP contribution >= 0.6 is 11.8 Å². The summed E-state index contributed by atoms with van der Waals surface area (Å²) in [5, 5.41) is 10.7. The van der Waals surface area contributed by atoms with Gasteiger partial charge >= 0.3 is 0 Å². The summed E-state index contributed by atoms with van der Waals surface area (Å²) in [5.41, 5.74) is 2.70. The zero-order valence-electron chi connectivity index (χ0n) is 9.86. The lowest BCUT2D eigenvalue weighted by Crippen LogP contribution is -2.34. The highest BCUT2D eigenvalue weighted by Gasteiger charge is 2.48. The molecule has 0 spiro atoms. The van der Waals surface area contributed by atoms with E-state index in [1.54, 1.807) is 11.8 Å². The molecule has 1 saturated carbocycles. The minimum atomic E-state index is -0.511. The van der Waals surface area contributed by atoms with Crippen LogP contribution in [-0.4, -0.2) is 10.0 Å². The standard InChI is InChI=1S/C14H18OS/c1-9-3-4-13-11(7-9)12-8-10(2)5-6-14(12,15)16-13/h3-4,7,10,12,15H,5-6,8H2,1-2H3. The molecule has 1 fully saturated rings. The zero-order chi connectivity index (χ0) is 11.3. The van der Waals surface area contributed by atoms with E-state index in [4.69, 9.17) is 0 Å². The molecular formula is C14H18OS. The molecule has 0 radical (unpaired) electrons. The van der Waals surface area contributed by atoms with E-state index < -0.39 is 4.93 Å². The van der Waals surface area contributed by atoms with Gasteiger partial charge in [-0.05, 0) is 43.7 Å². The Morgan fingerprint density at radius 1 is 1.44 bits per heavy atom. The highest BCUT2D eigenvalue weighted by Crippen LogP contribution is 2.58. The quantitative estimate of drug-likeness (QED) is 0.738. The summed E-state index contributed by atoms with van der Waals surface area (Å²) in [6, 6.07) is 6.59. The van der Waals surface area contributed by atoms with Gasteiger partial charge in [-0.3, -0.25) is 0 Å². The molecule has 1 aliphatic heterocycles. The highest BCUT2D eigenvalue weighted by molar-refractivity contribution is 8.00. The monoisotopic (exact) mass is 234 g/mol. The highest BCUT2D eigenvalue weighted by atomic mass is 32.2. The number of rotatable bonds is 0. The molecule has 2 aliphatic rings. The second kappa shape index (κ2) is 3.51. The van der Waals surface area contributed by atoms with E-state index in [9.17, 15) is 5.11 Å². The van der Waals surface area contributed by atoms with Crippen LogP contribution in [0.5, 0.6) is 0 Å². The van der Waals surface area contributed by atoms with E-state index in [1.165, 1.54) is 16.0 Å². The van der Waals surface area contributed by atoms with Crippen molar-refractivity contribution in [2.24, 2.45) is 5.92 Å². The Kier molecular flexibility index (Phi) is 2.34. The first-order valence-electron chi connectivity index (χ1n) is 6.10. The summed E-state index contributed by atoms with van der Waals surface area (Å²) in [6.07, 6.45) is 3.24. The van der Waals surface area contributed by atoms with Crippen LogP contribution in [0, 0.1) is 12.8 Å². The van der Waals surface area contributed by atoms with Crippen molar-refractivity contribution in [2.45, 2.75) is 48.9 Å². The second-order valence-electron chi connectivity index (χ2n) is 5.42. The molecule has 0 amide bonds. The topological polar surface area (TPSA) is 20.2 Å². The average Bonchev–Trinajstić information content (AvgIpc) is 2.52. The van der Waals surface area contributed by atoms with Gasteiger partial charge in [0.15, 0.2) is 0 Å². The summed E-state index contributed by atoms with van der Waals surface area (Å²) < 4.78 is 0. The Morgan fingerprint density at radius 3 is 3.06 bits per heavy atom. The lowest BCUT2D eigenvalue weighted by Gasteiger charge is -2.37. The number of benzene rings is 1. The largest absolute Gasteiger partial charge is 0.379 e. The maximum absolute atomic E-state index is 10.7. The lowest BCUT2D eigenvalue weighted by atomic mass is 9.76. The molecule has 86 valence electrons. The molecule has 3 atom stereocenters. The first-order valence-corrected chi connectivity index (χ1v) is 6.92. The zero-order valence-corrected chi connectivity index (χ0v) is 10.7. The molecule has 16 heavy (non-hydrogen) atoms. The third kappa shape index (κ3) is 1.51. The number of hydrogen-bond acceptors (Lipinski definition) is 2. The van der Waals surface area contributed by atoms with E-state index in [-0.39, 0.29) is 0 Å². The van der Waals surface area contributed by atoms with Crippen LogP contribution in [0.1, 0.15) is 43.2 Å². The fourth-order valence-corrected chi connectivity index (χ4v) is 4.47. The number of aryl methyl sites for hydroxylation is 1. The summed E-state index contributed by atoms with van der Waals surface area (Å²) in [5.74, 6) is 1.11. The summed E-state index contributed by atoms with van der Waals surface area (Å²) in [6.45, 7) is 4.44. The van der Waals surface area contributed by atoms with Crippen LogP contribution in [0.4, 0.5) is 0 Å². The number of hydrogen-bond donors (Lipinski definition) is 1. The van der Waals surface area contributed by atoms with Gasteiger partial charge in [-0.25, -0.2) is 0 Å². The Balaban J connectivity index is 2.05. The summed E-state index contributed by atoms with van der Waals surface area (Å²) >= 11 is 1.69. The Hall–Kier alpha value is -0.470. The average molecular weight is 234 g/mol. The Labute approximate surface area is 101 Å². The van der Waals surface area contributed by atoms with Crippen LogP contribution in [0.15, 0.2) is 23.1 Å². The van der Waals surface area contributed by atoms with Crippen molar-refractivity contribution in [3.8, 4) is 0 Å². The molecule has 0 bridgehead atoms. The van der Waals surface area contributed by atoms with Gasteiger partial charge in [0.1, 0.15) is 4.93 Å². The maximum Gasteiger partial charge on any atom is 0.121 e. The van der Waals surface area contributed by atoms with E-state index in [0.717, 1.165) is 25.2 Å². The van der Waals surface area contributed by atoms with Gasteiger partial charge < -0.3 is 5.11 Å². The normalized spacial score (nSPS) is 36.9. The predicted molar refractivity (Wildman–Crippen MR) is 67.7 cm³/mol. The molecule has 1 aliphatic carbocycles. The Bertz CT molecular complexity index is 429. The van der Waals surface area contributed by atoms with Crippen LogP contribution in [0.3, 0.4) is 0 Å². The van der Waals surface area contributed by atoms with E-state index in [0.29, 0.717) is 5.92 Å². The van der Waals surface area contributed by atoms with Gasteiger partial charge in [-0.2, -0.15) is 0 Å². The van der Waals surface area contributed by atoms with E-state index >= 15 is 0 Å². The van der Waals surface area contributed by atoms with Crippen molar-refractivity contribution in [3.63, 3.8) is 0 Å². The van der Waals surface area contributed by atoms with Gasteiger partial charge in [0.05, 0.1) is 0 Å². The molecule has 3 rings (SSSR count). The number of fused-ring (bicyclic) bond motifs is 3. The fraction of sp³-hybridized carbons (Fsp3) is 0.571. The minimum absolute atomic E-state index is 0.358. The first-order chi connectivity index (χ1) is 7.58. The molecule has 1 aromatic rings. The number of aliphatic hydroxyl groups is 1. The predicted octanol–water partition coefficient (Wildman–Crippen LogP) is 3.69. The smallest absolute Gasteiger partial charge is 0.121 e. The van der Waals surface area contributed by atoms with Crippen LogP contribution in [-0.2, 0) is 0 Å². The van der Waals surface area contributed by atoms with Crippen molar-refractivity contribution < 1.29 is 5.11 Å². The third-order valence-electron chi connectivity index (χ3n) is 4.01. The van der Waals surface area contributed by atoms with Crippen molar-refractivity contribution in [1.29, 1.82) is 0 Å². The molecule has 0 aromatic heterocycles. The molecule has 1 aromatic carbocycles. The van der Waals surface area contributed by atoms with Crippen molar-refractivity contribution in [1.82, 2.24) is 0 Å². The molecule has 1 N–H and O–H groups in total. The fourth-order valence-electron chi connectivity index (χ4n) is 3.05. The minimum Gasteiger partial charge on any atom is -0.379 e. The molecular weight excluding hydrogens is 216 g/mol. The van der Waals surface area contributed by atoms with Gasteiger partial charge in [0.2, 0.25) is 0 Å². The molecule has 2 heteroatoms. The molecule has 3 unspecified atom stereocenters. The first kappa shape index (κ1) is 10.7. The van der Waals surface area contributed by atoms with Crippen LogP contribution in [0.25, 0.3) is 0 Å². The SMILES string of the molecule is Cc1ccc2c(c1)C1CC(C)CCC1(O)S2. The third-order valence-corrected chi connectivity index (χ3v) is 5.44. The molecule has 1 heterocycles.